The summed E-state index contributed by atoms with van der Waals surface area (Å²) in [4.78, 5) is 16.4. The van der Waals surface area contributed by atoms with Crippen molar-refractivity contribution in [2.45, 2.75) is 6.54 Å². The highest BCUT2D eigenvalue weighted by Crippen LogP contribution is 2.20. The molecule has 27 heavy (non-hydrogen) atoms. The molecule has 0 saturated heterocycles. The standard InChI is InChI=1S/C20H17F2N3O2/c1-27-16-5-2-13(3-6-16)12-24-20(26)14-8-9-23-19(10-14)25-18-7-4-15(21)11-17(18)22/h2-11H,12H2,1H3,(H,23,25)(H,24,26). The van der Waals surface area contributed by atoms with Crippen LogP contribution < -0.4 is 15.4 Å². The van der Waals surface area contributed by atoms with E-state index in [4.69, 9.17) is 4.74 Å². The number of hydrogen-bond acceptors (Lipinski definition) is 4. The van der Waals surface area contributed by atoms with Gasteiger partial charge in [0, 0.05) is 24.4 Å². The topological polar surface area (TPSA) is 63.2 Å². The third kappa shape index (κ3) is 4.78. The van der Waals surface area contributed by atoms with Gasteiger partial charge in [0.2, 0.25) is 0 Å². The maximum absolute atomic E-state index is 13.7. The van der Waals surface area contributed by atoms with Crippen molar-refractivity contribution in [2.75, 3.05) is 12.4 Å². The van der Waals surface area contributed by atoms with Gasteiger partial charge in [0.15, 0.2) is 0 Å². The highest BCUT2D eigenvalue weighted by atomic mass is 19.1. The Hall–Kier alpha value is -3.48. The number of carbonyl (C=O) groups is 1. The van der Waals surface area contributed by atoms with E-state index in [-0.39, 0.29) is 17.4 Å². The number of carbonyl (C=O) groups excluding carboxylic acids is 1. The first-order valence-corrected chi connectivity index (χ1v) is 8.14. The fourth-order valence-electron chi connectivity index (χ4n) is 2.40. The number of amides is 1. The van der Waals surface area contributed by atoms with E-state index in [1.165, 1.54) is 18.3 Å². The molecule has 1 amide bonds. The number of nitrogens with zero attached hydrogens (tertiary/aromatic N) is 1. The molecule has 3 rings (SSSR count). The molecule has 1 aromatic heterocycles. The van der Waals surface area contributed by atoms with Crippen molar-refractivity contribution < 1.29 is 18.3 Å². The molecule has 0 aliphatic rings. The van der Waals surface area contributed by atoms with Crippen molar-refractivity contribution >= 4 is 17.4 Å². The Morgan fingerprint density at radius 3 is 2.56 bits per heavy atom. The van der Waals surface area contributed by atoms with Crippen LogP contribution in [-0.4, -0.2) is 18.0 Å². The lowest BCUT2D eigenvalue weighted by Gasteiger charge is -2.09. The molecule has 1 heterocycles. The van der Waals surface area contributed by atoms with Crippen LogP contribution in [0.25, 0.3) is 0 Å². The molecule has 0 fully saturated rings. The minimum absolute atomic E-state index is 0.0692. The van der Waals surface area contributed by atoms with Gasteiger partial charge in [-0.25, -0.2) is 13.8 Å². The Morgan fingerprint density at radius 2 is 1.85 bits per heavy atom. The normalized spacial score (nSPS) is 10.3. The van der Waals surface area contributed by atoms with Gasteiger partial charge in [0.25, 0.3) is 5.91 Å². The van der Waals surface area contributed by atoms with Crippen LogP contribution in [-0.2, 0) is 6.54 Å². The monoisotopic (exact) mass is 369 g/mol. The summed E-state index contributed by atoms with van der Waals surface area (Å²) in [6.45, 7) is 0.348. The second-order valence-electron chi connectivity index (χ2n) is 5.71. The van der Waals surface area contributed by atoms with E-state index in [2.05, 4.69) is 15.6 Å². The molecule has 0 radical (unpaired) electrons. The molecule has 0 aliphatic carbocycles. The average molecular weight is 369 g/mol. The largest absolute Gasteiger partial charge is 0.497 e. The molecule has 3 aromatic rings. The average Bonchev–Trinajstić information content (AvgIpc) is 2.69. The highest BCUT2D eigenvalue weighted by Gasteiger charge is 2.09. The van der Waals surface area contributed by atoms with Crippen LogP contribution in [0, 0.1) is 11.6 Å². The van der Waals surface area contributed by atoms with Crippen LogP contribution >= 0.6 is 0 Å². The zero-order valence-electron chi connectivity index (χ0n) is 14.5. The van der Waals surface area contributed by atoms with E-state index in [9.17, 15) is 13.6 Å². The highest BCUT2D eigenvalue weighted by molar-refractivity contribution is 5.94. The minimum atomic E-state index is -0.744. The van der Waals surface area contributed by atoms with Crippen molar-refractivity contribution in [3.63, 3.8) is 0 Å². The molecule has 0 saturated carbocycles. The fourth-order valence-corrected chi connectivity index (χ4v) is 2.40. The van der Waals surface area contributed by atoms with E-state index in [1.807, 2.05) is 24.3 Å². The number of methoxy groups -OCH3 is 1. The lowest BCUT2D eigenvalue weighted by Crippen LogP contribution is -2.22. The summed E-state index contributed by atoms with van der Waals surface area (Å²) in [5.74, 6) is -0.694. The Balaban J connectivity index is 1.65. The number of nitrogens with one attached hydrogen (secondary N) is 2. The van der Waals surface area contributed by atoms with Crippen LogP contribution in [0.2, 0.25) is 0 Å². The number of pyridine rings is 1. The molecule has 138 valence electrons. The summed E-state index contributed by atoms with van der Waals surface area (Å²) >= 11 is 0. The number of ether oxygens (including phenoxy) is 1. The Bertz CT molecular complexity index is 946. The number of anilines is 2. The van der Waals surface area contributed by atoms with Crippen LogP contribution in [0.15, 0.2) is 60.8 Å². The van der Waals surface area contributed by atoms with Gasteiger partial charge in [-0.05, 0) is 42.0 Å². The maximum Gasteiger partial charge on any atom is 0.251 e. The smallest absolute Gasteiger partial charge is 0.251 e. The van der Waals surface area contributed by atoms with E-state index in [1.54, 1.807) is 13.2 Å². The molecule has 2 aromatic carbocycles. The summed E-state index contributed by atoms with van der Waals surface area (Å²) in [6, 6.07) is 13.6. The van der Waals surface area contributed by atoms with E-state index >= 15 is 0 Å². The summed E-state index contributed by atoms with van der Waals surface area (Å²) in [5.41, 5.74) is 1.35. The third-order valence-corrected chi connectivity index (χ3v) is 3.83. The zero-order valence-corrected chi connectivity index (χ0v) is 14.5. The molecular formula is C20H17F2N3O2. The summed E-state index contributed by atoms with van der Waals surface area (Å²) < 4.78 is 31.8. The number of halogens is 2. The molecule has 5 nitrogen and oxygen atoms in total. The summed E-state index contributed by atoms with van der Waals surface area (Å²) in [6.07, 6.45) is 1.44. The van der Waals surface area contributed by atoms with Gasteiger partial charge in [0.1, 0.15) is 23.2 Å². The van der Waals surface area contributed by atoms with Gasteiger partial charge in [-0.15, -0.1) is 0 Å². The van der Waals surface area contributed by atoms with Crippen molar-refractivity contribution in [3.05, 3.63) is 83.6 Å². The molecule has 7 heteroatoms. The van der Waals surface area contributed by atoms with Crippen molar-refractivity contribution in [3.8, 4) is 5.75 Å². The number of rotatable bonds is 6. The van der Waals surface area contributed by atoms with Crippen LogP contribution in [0.1, 0.15) is 15.9 Å². The zero-order chi connectivity index (χ0) is 19.2. The molecule has 0 spiro atoms. The SMILES string of the molecule is COc1ccc(CNC(=O)c2ccnc(Nc3ccc(F)cc3F)c2)cc1. The van der Waals surface area contributed by atoms with Gasteiger partial charge < -0.3 is 15.4 Å². The quantitative estimate of drug-likeness (QED) is 0.688. The van der Waals surface area contributed by atoms with Gasteiger partial charge in [-0.3, -0.25) is 4.79 Å². The molecule has 0 atom stereocenters. The number of aromatic nitrogens is 1. The van der Waals surface area contributed by atoms with E-state index in [0.717, 1.165) is 23.4 Å². The summed E-state index contributed by atoms with van der Waals surface area (Å²) in [7, 11) is 1.59. The second kappa shape index (κ2) is 8.27. The second-order valence-corrected chi connectivity index (χ2v) is 5.71. The van der Waals surface area contributed by atoms with Crippen molar-refractivity contribution in [1.82, 2.24) is 10.3 Å². The van der Waals surface area contributed by atoms with Crippen molar-refractivity contribution in [2.24, 2.45) is 0 Å². The Kier molecular flexibility index (Phi) is 5.61. The van der Waals surface area contributed by atoms with E-state index in [0.29, 0.717) is 12.1 Å². The van der Waals surface area contributed by atoms with Crippen LogP contribution in [0.3, 0.4) is 0 Å². The van der Waals surface area contributed by atoms with Gasteiger partial charge >= 0.3 is 0 Å². The van der Waals surface area contributed by atoms with Gasteiger partial charge in [-0.1, -0.05) is 12.1 Å². The van der Waals surface area contributed by atoms with Gasteiger partial charge in [-0.2, -0.15) is 0 Å². The molecular weight excluding hydrogens is 352 g/mol. The molecule has 0 bridgehead atoms. The van der Waals surface area contributed by atoms with Gasteiger partial charge in [0.05, 0.1) is 12.8 Å². The van der Waals surface area contributed by atoms with Crippen molar-refractivity contribution in [1.29, 1.82) is 0 Å². The fraction of sp³-hybridized carbons (Fsp3) is 0.100. The predicted molar refractivity (Wildman–Crippen MR) is 98.0 cm³/mol. The first kappa shape index (κ1) is 18.3. The Morgan fingerprint density at radius 1 is 1.07 bits per heavy atom. The minimum Gasteiger partial charge on any atom is -0.497 e. The summed E-state index contributed by atoms with van der Waals surface area (Å²) in [5, 5.41) is 5.54. The maximum atomic E-state index is 13.7. The Labute approximate surface area is 155 Å². The first-order valence-electron chi connectivity index (χ1n) is 8.14. The van der Waals surface area contributed by atoms with Crippen LogP contribution in [0.4, 0.5) is 20.3 Å². The lowest BCUT2D eigenvalue weighted by atomic mass is 10.2. The molecule has 0 unspecified atom stereocenters. The molecule has 0 aliphatic heterocycles. The van der Waals surface area contributed by atoms with Crippen LogP contribution in [0.5, 0.6) is 5.75 Å². The lowest BCUT2D eigenvalue weighted by molar-refractivity contribution is 0.0951. The third-order valence-electron chi connectivity index (χ3n) is 3.83. The number of benzene rings is 2. The first-order chi connectivity index (χ1) is 13.0. The number of hydrogen-bond donors (Lipinski definition) is 2. The molecule has 2 N–H and O–H groups in total. The van der Waals surface area contributed by atoms with E-state index < -0.39 is 11.6 Å². The predicted octanol–water partition coefficient (Wildman–Crippen LogP) is 4.04.